The second-order valence-electron chi connectivity index (χ2n) is 4.34. The van der Waals surface area contributed by atoms with E-state index in [4.69, 9.17) is 10.5 Å². The molecule has 2 N–H and O–H groups in total. The van der Waals surface area contributed by atoms with Crippen molar-refractivity contribution >= 4 is 5.91 Å². The zero-order valence-electron chi connectivity index (χ0n) is 9.74. The topological polar surface area (TPSA) is 55.6 Å². The van der Waals surface area contributed by atoms with Crippen molar-refractivity contribution < 1.29 is 9.53 Å². The lowest BCUT2D eigenvalue weighted by Crippen LogP contribution is -2.45. The third-order valence-electron chi connectivity index (χ3n) is 3.29. The van der Waals surface area contributed by atoms with Gasteiger partial charge in [0.05, 0.1) is 13.0 Å². The number of likely N-dealkylation sites (tertiary alicyclic amines) is 1. The molecule has 0 spiro atoms. The molecule has 2 unspecified atom stereocenters. The lowest BCUT2D eigenvalue weighted by Gasteiger charge is -2.36. The van der Waals surface area contributed by atoms with Crippen LogP contribution in [0.5, 0.6) is 0 Å². The third-order valence-corrected chi connectivity index (χ3v) is 3.29. The van der Waals surface area contributed by atoms with Crippen LogP contribution in [0.15, 0.2) is 0 Å². The van der Waals surface area contributed by atoms with Crippen molar-refractivity contribution in [1.29, 1.82) is 0 Å². The van der Waals surface area contributed by atoms with Crippen LogP contribution in [-0.2, 0) is 9.53 Å². The molecule has 1 rings (SSSR count). The van der Waals surface area contributed by atoms with Gasteiger partial charge in [-0.1, -0.05) is 6.92 Å². The van der Waals surface area contributed by atoms with Gasteiger partial charge in [-0.05, 0) is 24.8 Å². The molecule has 88 valence electrons. The maximum atomic E-state index is 11.7. The number of nitrogens with two attached hydrogens (primary N) is 1. The standard InChI is InChI=1S/C11H22N2O2/c1-9-3-5-13(8-10(9)7-12)11(14)4-6-15-2/h9-10H,3-8,12H2,1-2H3. The molecule has 1 aliphatic heterocycles. The van der Waals surface area contributed by atoms with E-state index < -0.39 is 0 Å². The molecule has 0 radical (unpaired) electrons. The summed E-state index contributed by atoms with van der Waals surface area (Å²) < 4.78 is 4.91. The number of nitrogens with zero attached hydrogens (tertiary/aromatic N) is 1. The Hall–Kier alpha value is -0.610. The van der Waals surface area contributed by atoms with Crippen molar-refractivity contribution in [2.75, 3.05) is 33.4 Å². The van der Waals surface area contributed by atoms with Gasteiger partial charge in [-0.3, -0.25) is 4.79 Å². The third kappa shape index (κ3) is 3.47. The van der Waals surface area contributed by atoms with E-state index in [2.05, 4.69) is 6.92 Å². The summed E-state index contributed by atoms with van der Waals surface area (Å²) >= 11 is 0. The highest BCUT2D eigenvalue weighted by Gasteiger charge is 2.27. The maximum absolute atomic E-state index is 11.7. The van der Waals surface area contributed by atoms with Gasteiger partial charge in [0, 0.05) is 20.2 Å². The van der Waals surface area contributed by atoms with Crippen LogP contribution >= 0.6 is 0 Å². The van der Waals surface area contributed by atoms with E-state index in [1.807, 2.05) is 4.90 Å². The maximum Gasteiger partial charge on any atom is 0.224 e. The van der Waals surface area contributed by atoms with E-state index in [1.54, 1.807) is 7.11 Å². The minimum atomic E-state index is 0.196. The van der Waals surface area contributed by atoms with Crippen LogP contribution in [0.4, 0.5) is 0 Å². The van der Waals surface area contributed by atoms with E-state index in [0.717, 1.165) is 19.5 Å². The minimum Gasteiger partial charge on any atom is -0.384 e. The lowest BCUT2D eigenvalue weighted by atomic mass is 9.87. The fraction of sp³-hybridized carbons (Fsp3) is 0.909. The van der Waals surface area contributed by atoms with Crippen molar-refractivity contribution in [2.24, 2.45) is 17.6 Å². The molecule has 0 aromatic heterocycles. The Bertz CT molecular complexity index is 209. The fourth-order valence-electron chi connectivity index (χ4n) is 2.03. The average molecular weight is 214 g/mol. The van der Waals surface area contributed by atoms with E-state index in [0.29, 0.717) is 31.4 Å². The van der Waals surface area contributed by atoms with Gasteiger partial charge in [0.1, 0.15) is 0 Å². The zero-order valence-corrected chi connectivity index (χ0v) is 9.74. The van der Waals surface area contributed by atoms with E-state index >= 15 is 0 Å². The fourth-order valence-corrected chi connectivity index (χ4v) is 2.03. The summed E-state index contributed by atoms with van der Waals surface area (Å²) in [5.41, 5.74) is 5.69. The van der Waals surface area contributed by atoms with Gasteiger partial charge in [0.25, 0.3) is 0 Å². The molecule has 1 aliphatic rings. The van der Waals surface area contributed by atoms with E-state index in [9.17, 15) is 4.79 Å². The van der Waals surface area contributed by atoms with Gasteiger partial charge in [0.15, 0.2) is 0 Å². The molecular formula is C11H22N2O2. The number of hydrogen-bond acceptors (Lipinski definition) is 3. The second-order valence-corrected chi connectivity index (χ2v) is 4.34. The zero-order chi connectivity index (χ0) is 11.3. The number of amides is 1. The Labute approximate surface area is 91.8 Å². The average Bonchev–Trinajstić information content (AvgIpc) is 2.26. The van der Waals surface area contributed by atoms with Crippen molar-refractivity contribution in [3.8, 4) is 0 Å². The Morgan fingerprint density at radius 3 is 2.93 bits per heavy atom. The van der Waals surface area contributed by atoms with Crippen molar-refractivity contribution in [3.63, 3.8) is 0 Å². The van der Waals surface area contributed by atoms with Crippen LogP contribution < -0.4 is 5.73 Å². The summed E-state index contributed by atoms with van der Waals surface area (Å²) in [5.74, 6) is 1.30. The number of ether oxygens (including phenoxy) is 1. The van der Waals surface area contributed by atoms with Gasteiger partial charge in [-0.15, -0.1) is 0 Å². The molecule has 0 bridgehead atoms. The highest BCUT2D eigenvalue weighted by molar-refractivity contribution is 5.76. The Morgan fingerprint density at radius 2 is 2.33 bits per heavy atom. The first-order chi connectivity index (χ1) is 7.19. The first-order valence-corrected chi connectivity index (χ1v) is 5.65. The summed E-state index contributed by atoms with van der Waals surface area (Å²) in [6.45, 7) is 5.10. The molecule has 0 aromatic rings. The van der Waals surface area contributed by atoms with Gasteiger partial charge < -0.3 is 15.4 Å². The molecular weight excluding hydrogens is 192 g/mol. The number of carbonyl (C=O) groups excluding carboxylic acids is 1. The van der Waals surface area contributed by atoms with E-state index in [1.165, 1.54) is 0 Å². The largest absolute Gasteiger partial charge is 0.384 e. The smallest absolute Gasteiger partial charge is 0.224 e. The highest BCUT2D eigenvalue weighted by atomic mass is 16.5. The Balaban J connectivity index is 2.40. The predicted octanol–water partition coefficient (Wildman–Crippen LogP) is 0.466. The lowest BCUT2D eigenvalue weighted by molar-refractivity contribution is -0.134. The Kier molecular flexibility index (Phi) is 5.05. The monoisotopic (exact) mass is 214 g/mol. The SMILES string of the molecule is COCCC(=O)N1CCC(C)C(CN)C1. The molecule has 15 heavy (non-hydrogen) atoms. The molecule has 1 saturated heterocycles. The quantitative estimate of drug-likeness (QED) is 0.740. The molecule has 1 fully saturated rings. The van der Waals surface area contributed by atoms with Crippen LogP contribution in [0.3, 0.4) is 0 Å². The molecule has 4 heteroatoms. The van der Waals surface area contributed by atoms with Crippen molar-refractivity contribution in [1.82, 2.24) is 4.90 Å². The van der Waals surface area contributed by atoms with Crippen molar-refractivity contribution in [2.45, 2.75) is 19.8 Å². The van der Waals surface area contributed by atoms with Crippen LogP contribution in [0, 0.1) is 11.8 Å². The molecule has 2 atom stereocenters. The summed E-state index contributed by atoms with van der Waals surface area (Å²) in [6, 6.07) is 0. The molecule has 1 amide bonds. The first-order valence-electron chi connectivity index (χ1n) is 5.65. The van der Waals surface area contributed by atoms with Crippen LogP contribution in [-0.4, -0.2) is 44.2 Å². The first kappa shape index (κ1) is 12.5. The molecule has 1 heterocycles. The van der Waals surface area contributed by atoms with Gasteiger partial charge in [-0.2, -0.15) is 0 Å². The van der Waals surface area contributed by atoms with Gasteiger partial charge >= 0.3 is 0 Å². The number of rotatable bonds is 4. The van der Waals surface area contributed by atoms with Crippen LogP contribution in [0.1, 0.15) is 19.8 Å². The molecule has 0 aliphatic carbocycles. The minimum absolute atomic E-state index is 0.196. The highest BCUT2D eigenvalue weighted by Crippen LogP contribution is 2.22. The second kappa shape index (κ2) is 6.08. The Morgan fingerprint density at radius 1 is 1.60 bits per heavy atom. The van der Waals surface area contributed by atoms with Gasteiger partial charge in [0.2, 0.25) is 5.91 Å². The number of carbonyl (C=O) groups is 1. The summed E-state index contributed by atoms with van der Waals surface area (Å²) in [5, 5.41) is 0. The van der Waals surface area contributed by atoms with E-state index in [-0.39, 0.29) is 5.91 Å². The summed E-state index contributed by atoms with van der Waals surface area (Å²) in [6.07, 6.45) is 1.56. The molecule has 0 saturated carbocycles. The summed E-state index contributed by atoms with van der Waals surface area (Å²) in [4.78, 5) is 13.7. The van der Waals surface area contributed by atoms with Gasteiger partial charge in [-0.25, -0.2) is 0 Å². The number of hydrogen-bond donors (Lipinski definition) is 1. The summed E-state index contributed by atoms with van der Waals surface area (Å²) in [7, 11) is 1.62. The number of piperidine rings is 1. The van der Waals surface area contributed by atoms with Crippen LogP contribution in [0.25, 0.3) is 0 Å². The molecule has 4 nitrogen and oxygen atoms in total. The normalized spacial score (nSPS) is 26.7. The predicted molar refractivity (Wildman–Crippen MR) is 59.4 cm³/mol. The molecule has 0 aromatic carbocycles. The van der Waals surface area contributed by atoms with Crippen molar-refractivity contribution in [3.05, 3.63) is 0 Å². The van der Waals surface area contributed by atoms with Crippen LogP contribution in [0.2, 0.25) is 0 Å². The number of methoxy groups -OCH3 is 1.